The van der Waals surface area contributed by atoms with E-state index in [1.54, 1.807) is 0 Å². The molecular weight excluding hydrogens is 246 g/mol. The molecule has 0 radical (unpaired) electrons. The number of unbranched alkanes of at least 4 members (excludes halogenated alkanes) is 5. The third-order valence-corrected chi connectivity index (χ3v) is 4.73. The number of nitrogens with zero attached hydrogens (tertiary/aromatic N) is 1. The Labute approximate surface area is 127 Å². The Kier molecular flexibility index (Phi) is 9.54. The van der Waals surface area contributed by atoms with Crippen LogP contribution in [0.4, 0.5) is 0 Å². The molecule has 1 unspecified atom stereocenters. The summed E-state index contributed by atoms with van der Waals surface area (Å²) in [6, 6.07) is 0. The highest BCUT2D eigenvalue weighted by Gasteiger charge is 2.26. The van der Waals surface area contributed by atoms with Gasteiger partial charge in [0.05, 0.1) is 13.2 Å². The third kappa shape index (κ3) is 7.64. The van der Waals surface area contributed by atoms with E-state index in [1.807, 2.05) is 0 Å². The number of hydrogen-bond acceptors (Lipinski definition) is 2. The van der Waals surface area contributed by atoms with Crippen molar-refractivity contribution in [1.29, 1.82) is 0 Å². The maximum atomic E-state index is 5.48. The SMILES string of the molecule is CCCCCCCC(C)(CCCC)CN1CCOCC1. The monoisotopic (exact) mass is 283 g/mol. The van der Waals surface area contributed by atoms with Crippen LogP contribution in [0.2, 0.25) is 0 Å². The van der Waals surface area contributed by atoms with Crippen molar-refractivity contribution in [1.82, 2.24) is 4.90 Å². The van der Waals surface area contributed by atoms with Crippen LogP contribution in [0.1, 0.15) is 78.6 Å². The molecule has 0 bridgehead atoms. The van der Waals surface area contributed by atoms with Crippen LogP contribution in [0.3, 0.4) is 0 Å². The van der Waals surface area contributed by atoms with Crippen LogP contribution in [0.5, 0.6) is 0 Å². The van der Waals surface area contributed by atoms with Crippen LogP contribution in [-0.4, -0.2) is 37.7 Å². The molecule has 1 aliphatic rings. The van der Waals surface area contributed by atoms with Crippen LogP contribution in [0, 0.1) is 5.41 Å². The number of hydrogen-bond donors (Lipinski definition) is 0. The van der Waals surface area contributed by atoms with Crippen LogP contribution in [0.15, 0.2) is 0 Å². The maximum Gasteiger partial charge on any atom is 0.0594 e. The molecule has 2 nitrogen and oxygen atoms in total. The van der Waals surface area contributed by atoms with Gasteiger partial charge in [-0.1, -0.05) is 65.7 Å². The minimum atomic E-state index is 0.527. The summed E-state index contributed by atoms with van der Waals surface area (Å²) in [5.41, 5.74) is 0.527. The Morgan fingerprint density at radius 2 is 1.45 bits per heavy atom. The second-order valence-electron chi connectivity index (χ2n) is 6.97. The number of morpholine rings is 1. The van der Waals surface area contributed by atoms with Gasteiger partial charge >= 0.3 is 0 Å². The Morgan fingerprint density at radius 1 is 0.850 bits per heavy atom. The molecule has 0 aromatic carbocycles. The highest BCUT2D eigenvalue weighted by molar-refractivity contribution is 4.79. The molecular formula is C18H37NO. The molecule has 1 fully saturated rings. The fourth-order valence-corrected chi connectivity index (χ4v) is 3.34. The van der Waals surface area contributed by atoms with Crippen LogP contribution >= 0.6 is 0 Å². The van der Waals surface area contributed by atoms with Gasteiger partial charge in [-0.25, -0.2) is 0 Å². The molecule has 0 saturated carbocycles. The Balaban J connectivity index is 2.34. The number of ether oxygens (including phenoxy) is 1. The first-order valence-corrected chi connectivity index (χ1v) is 9.00. The third-order valence-electron chi connectivity index (χ3n) is 4.73. The molecule has 120 valence electrons. The van der Waals surface area contributed by atoms with Gasteiger partial charge in [0, 0.05) is 19.6 Å². The summed E-state index contributed by atoms with van der Waals surface area (Å²) in [4.78, 5) is 2.63. The predicted molar refractivity (Wildman–Crippen MR) is 88.3 cm³/mol. The normalized spacial score (nSPS) is 19.9. The molecule has 20 heavy (non-hydrogen) atoms. The molecule has 1 rings (SSSR count). The molecule has 1 heterocycles. The Hall–Kier alpha value is -0.0800. The van der Waals surface area contributed by atoms with Gasteiger partial charge in [0.1, 0.15) is 0 Å². The van der Waals surface area contributed by atoms with Crippen molar-refractivity contribution in [2.45, 2.75) is 78.6 Å². The van der Waals surface area contributed by atoms with Crippen LogP contribution < -0.4 is 0 Å². The van der Waals surface area contributed by atoms with Gasteiger partial charge in [0.25, 0.3) is 0 Å². The second-order valence-corrected chi connectivity index (χ2v) is 6.97. The topological polar surface area (TPSA) is 12.5 Å². The van der Waals surface area contributed by atoms with E-state index < -0.39 is 0 Å². The summed E-state index contributed by atoms with van der Waals surface area (Å²) in [6.45, 7) is 12.6. The molecule has 0 amide bonds. The zero-order valence-corrected chi connectivity index (χ0v) is 14.3. The zero-order chi connectivity index (χ0) is 14.7. The smallest absolute Gasteiger partial charge is 0.0594 e. The summed E-state index contributed by atoms with van der Waals surface area (Å²) in [5, 5.41) is 0. The van der Waals surface area contributed by atoms with E-state index in [4.69, 9.17) is 4.74 Å². The highest BCUT2D eigenvalue weighted by atomic mass is 16.5. The lowest BCUT2D eigenvalue weighted by atomic mass is 9.79. The predicted octanol–water partition coefficient (Wildman–Crippen LogP) is 4.88. The van der Waals surface area contributed by atoms with Gasteiger partial charge < -0.3 is 4.74 Å². The molecule has 1 saturated heterocycles. The molecule has 0 N–H and O–H groups in total. The molecule has 0 aromatic rings. The largest absolute Gasteiger partial charge is 0.379 e. The highest BCUT2D eigenvalue weighted by Crippen LogP contribution is 2.32. The number of rotatable bonds is 11. The maximum absolute atomic E-state index is 5.48. The molecule has 0 aliphatic carbocycles. The lowest BCUT2D eigenvalue weighted by Gasteiger charge is -2.37. The van der Waals surface area contributed by atoms with Gasteiger partial charge in [-0.05, 0) is 18.3 Å². The first kappa shape index (κ1) is 18.0. The molecule has 0 aromatic heterocycles. The average molecular weight is 284 g/mol. The fourth-order valence-electron chi connectivity index (χ4n) is 3.34. The lowest BCUT2D eigenvalue weighted by Crippen LogP contribution is -2.42. The van der Waals surface area contributed by atoms with Crippen molar-refractivity contribution in [3.63, 3.8) is 0 Å². The zero-order valence-electron chi connectivity index (χ0n) is 14.3. The van der Waals surface area contributed by atoms with Crippen LogP contribution in [-0.2, 0) is 4.74 Å². The van der Waals surface area contributed by atoms with Gasteiger partial charge in [-0.3, -0.25) is 4.90 Å². The Morgan fingerprint density at radius 3 is 2.10 bits per heavy atom. The van der Waals surface area contributed by atoms with Crippen molar-refractivity contribution in [2.24, 2.45) is 5.41 Å². The summed E-state index contributed by atoms with van der Waals surface area (Å²) >= 11 is 0. The summed E-state index contributed by atoms with van der Waals surface area (Å²) in [5.74, 6) is 0. The molecule has 0 spiro atoms. The van der Waals surface area contributed by atoms with E-state index >= 15 is 0 Å². The van der Waals surface area contributed by atoms with Crippen molar-refractivity contribution >= 4 is 0 Å². The van der Waals surface area contributed by atoms with Crippen molar-refractivity contribution in [2.75, 3.05) is 32.8 Å². The lowest BCUT2D eigenvalue weighted by molar-refractivity contribution is 0.0146. The van der Waals surface area contributed by atoms with E-state index in [2.05, 4.69) is 25.7 Å². The standard InChI is InChI=1S/C18H37NO/c1-4-6-8-9-10-12-18(3,11-7-5-2)17-19-13-15-20-16-14-19/h4-17H2,1-3H3. The van der Waals surface area contributed by atoms with Crippen molar-refractivity contribution < 1.29 is 4.74 Å². The molecule has 1 aliphatic heterocycles. The first-order chi connectivity index (χ1) is 9.70. The van der Waals surface area contributed by atoms with E-state index in [0.29, 0.717) is 5.41 Å². The first-order valence-electron chi connectivity index (χ1n) is 9.00. The molecule has 2 heteroatoms. The van der Waals surface area contributed by atoms with Crippen molar-refractivity contribution in [3.8, 4) is 0 Å². The fraction of sp³-hybridized carbons (Fsp3) is 1.00. The van der Waals surface area contributed by atoms with Crippen LogP contribution in [0.25, 0.3) is 0 Å². The second kappa shape index (κ2) is 10.6. The van der Waals surface area contributed by atoms with Gasteiger partial charge in [-0.15, -0.1) is 0 Å². The summed E-state index contributed by atoms with van der Waals surface area (Å²) < 4.78 is 5.48. The van der Waals surface area contributed by atoms with Gasteiger partial charge in [-0.2, -0.15) is 0 Å². The minimum Gasteiger partial charge on any atom is -0.379 e. The van der Waals surface area contributed by atoms with E-state index in [-0.39, 0.29) is 0 Å². The van der Waals surface area contributed by atoms with E-state index in [9.17, 15) is 0 Å². The van der Waals surface area contributed by atoms with E-state index in [0.717, 1.165) is 26.3 Å². The average Bonchev–Trinajstić information content (AvgIpc) is 2.46. The minimum absolute atomic E-state index is 0.527. The Bertz CT molecular complexity index is 225. The quantitative estimate of drug-likeness (QED) is 0.501. The summed E-state index contributed by atoms with van der Waals surface area (Å²) in [7, 11) is 0. The van der Waals surface area contributed by atoms with Crippen molar-refractivity contribution in [3.05, 3.63) is 0 Å². The van der Waals surface area contributed by atoms with E-state index in [1.165, 1.54) is 64.3 Å². The molecule has 1 atom stereocenters. The van der Waals surface area contributed by atoms with Gasteiger partial charge in [0.2, 0.25) is 0 Å². The summed E-state index contributed by atoms with van der Waals surface area (Å²) in [6.07, 6.45) is 12.6. The van der Waals surface area contributed by atoms with Gasteiger partial charge in [0.15, 0.2) is 0 Å².